The molecule has 3 unspecified atom stereocenters. The summed E-state index contributed by atoms with van der Waals surface area (Å²) in [5, 5.41) is 12.1. The Morgan fingerprint density at radius 2 is 2.22 bits per heavy atom. The number of carboxylic acid groups (broad SMARTS) is 1. The van der Waals surface area contributed by atoms with Crippen molar-refractivity contribution in [1.82, 2.24) is 5.32 Å². The first-order valence-corrected chi connectivity index (χ1v) is 6.54. The molecule has 1 saturated carbocycles. The number of carboxylic acids is 1. The van der Waals surface area contributed by atoms with Crippen molar-refractivity contribution in [1.29, 1.82) is 0 Å². The predicted octanol–water partition coefficient (Wildman–Crippen LogP) is 2.60. The number of furan rings is 1. The smallest absolute Gasteiger partial charge is 0.320 e. The first-order valence-electron chi connectivity index (χ1n) is 6.54. The maximum atomic E-state index is 11.0. The average molecular weight is 251 g/mol. The lowest BCUT2D eigenvalue weighted by molar-refractivity contribution is -0.140. The second-order valence-corrected chi connectivity index (χ2v) is 5.56. The number of rotatable bonds is 6. The minimum Gasteiger partial charge on any atom is -0.480 e. The third kappa shape index (κ3) is 2.93. The Bertz CT molecular complexity index is 424. The Morgan fingerprint density at radius 1 is 1.56 bits per heavy atom. The van der Waals surface area contributed by atoms with Crippen LogP contribution in [0.4, 0.5) is 0 Å². The molecule has 0 bridgehead atoms. The fraction of sp³-hybridized carbons (Fsp3) is 0.643. The third-order valence-corrected chi connectivity index (χ3v) is 3.59. The zero-order valence-electron chi connectivity index (χ0n) is 11.1. The van der Waals surface area contributed by atoms with Gasteiger partial charge in [-0.3, -0.25) is 10.1 Å². The Hall–Kier alpha value is -1.29. The van der Waals surface area contributed by atoms with Gasteiger partial charge in [0.2, 0.25) is 0 Å². The van der Waals surface area contributed by atoms with Crippen molar-refractivity contribution in [3.8, 4) is 0 Å². The van der Waals surface area contributed by atoms with E-state index in [1.807, 2.05) is 26.0 Å². The summed E-state index contributed by atoms with van der Waals surface area (Å²) in [5.41, 5.74) is 0. The van der Waals surface area contributed by atoms with Gasteiger partial charge in [-0.1, -0.05) is 20.8 Å². The fourth-order valence-corrected chi connectivity index (χ4v) is 2.23. The molecule has 0 saturated heterocycles. The Labute approximate surface area is 107 Å². The molecule has 1 heterocycles. The summed E-state index contributed by atoms with van der Waals surface area (Å²) in [5.74, 6) is 2.39. The summed E-state index contributed by atoms with van der Waals surface area (Å²) in [6.07, 6.45) is 1.20. The van der Waals surface area contributed by atoms with Gasteiger partial charge >= 0.3 is 5.97 Å². The van der Waals surface area contributed by atoms with E-state index in [1.54, 1.807) is 0 Å². The van der Waals surface area contributed by atoms with Crippen LogP contribution in [0.15, 0.2) is 16.5 Å². The molecule has 4 nitrogen and oxygen atoms in total. The van der Waals surface area contributed by atoms with Crippen molar-refractivity contribution < 1.29 is 14.3 Å². The molecule has 0 spiro atoms. The fourth-order valence-electron chi connectivity index (χ4n) is 2.23. The molecule has 0 aromatic carbocycles. The summed E-state index contributed by atoms with van der Waals surface area (Å²) < 4.78 is 5.73. The number of nitrogens with one attached hydrogen (secondary N) is 1. The van der Waals surface area contributed by atoms with E-state index in [4.69, 9.17) is 9.52 Å². The molecular weight excluding hydrogens is 230 g/mol. The van der Waals surface area contributed by atoms with Crippen LogP contribution in [0, 0.1) is 11.8 Å². The standard InChI is InChI=1S/C14H21NO3/c1-8(2)13(14(16)17)15-7-10-4-5-12(18-10)11-6-9(11)3/h4-5,8-9,11,13,15H,6-7H2,1-3H3,(H,16,17). The summed E-state index contributed by atoms with van der Waals surface area (Å²) >= 11 is 0. The van der Waals surface area contributed by atoms with Gasteiger partial charge in [0, 0.05) is 5.92 Å². The molecule has 1 fully saturated rings. The quantitative estimate of drug-likeness (QED) is 0.815. The highest BCUT2D eigenvalue weighted by Gasteiger charge is 2.36. The van der Waals surface area contributed by atoms with Crippen molar-refractivity contribution in [2.75, 3.05) is 0 Å². The average Bonchev–Trinajstić information content (AvgIpc) is 2.83. The molecule has 1 aromatic heterocycles. The Kier molecular flexibility index (Phi) is 3.76. The molecule has 3 atom stereocenters. The van der Waals surface area contributed by atoms with Crippen molar-refractivity contribution in [3.63, 3.8) is 0 Å². The van der Waals surface area contributed by atoms with Crippen LogP contribution in [0.1, 0.15) is 44.6 Å². The molecule has 1 aromatic rings. The first-order chi connectivity index (χ1) is 8.49. The van der Waals surface area contributed by atoms with Crippen LogP contribution in [0.5, 0.6) is 0 Å². The summed E-state index contributed by atoms with van der Waals surface area (Å²) in [4.78, 5) is 11.0. The summed E-state index contributed by atoms with van der Waals surface area (Å²) in [6.45, 7) is 6.47. The summed E-state index contributed by atoms with van der Waals surface area (Å²) in [7, 11) is 0. The van der Waals surface area contributed by atoms with Gasteiger partial charge in [0.15, 0.2) is 0 Å². The first kappa shape index (κ1) is 13.1. The molecule has 0 radical (unpaired) electrons. The van der Waals surface area contributed by atoms with Crippen molar-refractivity contribution in [3.05, 3.63) is 23.7 Å². The van der Waals surface area contributed by atoms with Crippen LogP contribution in [0.2, 0.25) is 0 Å². The molecule has 100 valence electrons. The lowest BCUT2D eigenvalue weighted by atomic mass is 10.1. The molecule has 4 heteroatoms. The van der Waals surface area contributed by atoms with Crippen LogP contribution < -0.4 is 5.32 Å². The van der Waals surface area contributed by atoms with Crippen molar-refractivity contribution >= 4 is 5.97 Å². The van der Waals surface area contributed by atoms with Gasteiger partial charge in [0.25, 0.3) is 0 Å². The third-order valence-electron chi connectivity index (χ3n) is 3.59. The lowest BCUT2D eigenvalue weighted by Crippen LogP contribution is -2.40. The number of hydrogen-bond donors (Lipinski definition) is 2. The second kappa shape index (κ2) is 5.14. The van der Waals surface area contributed by atoms with E-state index in [1.165, 1.54) is 6.42 Å². The van der Waals surface area contributed by atoms with Gasteiger partial charge in [0.05, 0.1) is 6.54 Å². The van der Waals surface area contributed by atoms with Gasteiger partial charge in [-0.25, -0.2) is 0 Å². The highest BCUT2D eigenvalue weighted by molar-refractivity contribution is 5.73. The monoisotopic (exact) mass is 251 g/mol. The molecule has 1 aliphatic rings. The zero-order valence-corrected chi connectivity index (χ0v) is 11.1. The number of hydrogen-bond acceptors (Lipinski definition) is 3. The molecule has 2 N–H and O–H groups in total. The van der Waals surface area contributed by atoms with Gasteiger partial charge in [-0.2, -0.15) is 0 Å². The zero-order chi connectivity index (χ0) is 13.3. The van der Waals surface area contributed by atoms with Gasteiger partial charge < -0.3 is 9.52 Å². The second-order valence-electron chi connectivity index (χ2n) is 5.56. The van der Waals surface area contributed by atoms with E-state index >= 15 is 0 Å². The number of aliphatic carboxylic acids is 1. The molecule has 0 amide bonds. The van der Waals surface area contributed by atoms with Gasteiger partial charge in [-0.05, 0) is 30.4 Å². The van der Waals surface area contributed by atoms with E-state index in [9.17, 15) is 4.79 Å². The Balaban J connectivity index is 1.89. The highest BCUT2D eigenvalue weighted by atomic mass is 16.4. The maximum Gasteiger partial charge on any atom is 0.320 e. The number of carbonyl (C=O) groups is 1. The topological polar surface area (TPSA) is 62.5 Å². The van der Waals surface area contributed by atoms with Crippen molar-refractivity contribution in [2.45, 2.75) is 45.7 Å². The highest BCUT2D eigenvalue weighted by Crippen LogP contribution is 2.47. The van der Waals surface area contributed by atoms with E-state index < -0.39 is 12.0 Å². The van der Waals surface area contributed by atoms with Gasteiger partial charge in [-0.15, -0.1) is 0 Å². The van der Waals surface area contributed by atoms with Crippen LogP contribution in [0.3, 0.4) is 0 Å². The van der Waals surface area contributed by atoms with Crippen molar-refractivity contribution in [2.24, 2.45) is 11.8 Å². The maximum absolute atomic E-state index is 11.0. The van der Waals surface area contributed by atoms with E-state index in [0.29, 0.717) is 12.5 Å². The van der Waals surface area contributed by atoms with Gasteiger partial charge in [0.1, 0.15) is 17.6 Å². The van der Waals surface area contributed by atoms with Crippen LogP contribution in [0.25, 0.3) is 0 Å². The molecule has 1 aliphatic carbocycles. The largest absolute Gasteiger partial charge is 0.480 e. The van der Waals surface area contributed by atoms with E-state index in [-0.39, 0.29) is 5.92 Å². The van der Waals surface area contributed by atoms with Crippen LogP contribution in [-0.2, 0) is 11.3 Å². The normalized spacial score (nSPS) is 24.2. The van der Waals surface area contributed by atoms with Crippen LogP contribution in [-0.4, -0.2) is 17.1 Å². The van der Waals surface area contributed by atoms with Crippen LogP contribution >= 0.6 is 0 Å². The Morgan fingerprint density at radius 3 is 2.72 bits per heavy atom. The SMILES string of the molecule is CC(C)C(NCc1ccc(C2CC2C)o1)C(=O)O. The minimum atomic E-state index is -0.812. The summed E-state index contributed by atoms with van der Waals surface area (Å²) in [6, 6.07) is 3.42. The lowest BCUT2D eigenvalue weighted by Gasteiger charge is -2.16. The minimum absolute atomic E-state index is 0.0559. The van der Waals surface area contributed by atoms with E-state index in [0.717, 1.165) is 17.4 Å². The predicted molar refractivity (Wildman–Crippen MR) is 68.3 cm³/mol. The molecular formula is C14H21NO3. The molecule has 2 rings (SSSR count). The van der Waals surface area contributed by atoms with E-state index in [2.05, 4.69) is 12.2 Å². The molecule has 0 aliphatic heterocycles. The molecule has 18 heavy (non-hydrogen) atoms.